The molecule has 0 aliphatic carbocycles. The first kappa shape index (κ1) is 23.4. The van der Waals surface area contributed by atoms with Crippen LogP contribution in [0.15, 0.2) is 91.3 Å². The third-order valence-electron chi connectivity index (χ3n) is 6.96. The van der Waals surface area contributed by atoms with Gasteiger partial charge in [0, 0.05) is 55.0 Å². The van der Waals surface area contributed by atoms with Crippen LogP contribution in [0.4, 0.5) is 13.2 Å². The Kier molecular flexibility index (Phi) is 6.00. The van der Waals surface area contributed by atoms with Gasteiger partial charge in [-0.25, -0.2) is 9.97 Å². The van der Waals surface area contributed by atoms with Crippen LogP contribution in [0.25, 0.3) is 22.3 Å². The summed E-state index contributed by atoms with van der Waals surface area (Å²) in [4.78, 5) is 11.6. The molecule has 0 spiro atoms. The van der Waals surface area contributed by atoms with Crippen molar-refractivity contribution >= 4 is 10.9 Å². The molecule has 0 N–H and O–H groups in total. The Morgan fingerprint density at radius 3 is 2.38 bits per heavy atom. The van der Waals surface area contributed by atoms with E-state index in [1.54, 1.807) is 0 Å². The number of aromatic nitrogens is 3. The molecule has 0 radical (unpaired) electrons. The van der Waals surface area contributed by atoms with Crippen LogP contribution < -0.4 is 0 Å². The highest BCUT2D eigenvalue weighted by Gasteiger charge is 2.30. The predicted molar refractivity (Wildman–Crippen MR) is 138 cm³/mol. The highest BCUT2D eigenvalue weighted by molar-refractivity contribution is 5.84. The first-order valence-electron chi connectivity index (χ1n) is 12.3. The number of para-hydroxylation sites is 1. The number of rotatable bonds is 5. The van der Waals surface area contributed by atoms with Crippen molar-refractivity contribution in [1.82, 2.24) is 19.4 Å². The molecule has 4 nitrogen and oxygen atoms in total. The minimum absolute atomic E-state index is 0.453. The molecule has 1 aliphatic heterocycles. The third kappa shape index (κ3) is 4.87. The molecule has 1 aliphatic rings. The second kappa shape index (κ2) is 9.48. The van der Waals surface area contributed by atoms with Crippen LogP contribution in [0, 0.1) is 0 Å². The van der Waals surface area contributed by atoms with E-state index in [0.717, 1.165) is 49.4 Å². The van der Waals surface area contributed by atoms with Crippen LogP contribution in [-0.2, 0) is 32.2 Å². The molecule has 5 aromatic rings. The van der Waals surface area contributed by atoms with Crippen molar-refractivity contribution in [3.8, 4) is 11.4 Å². The average Bonchev–Trinajstić information content (AvgIpc) is 3.25. The van der Waals surface area contributed by atoms with Gasteiger partial charge in [0.05, 0.1) is 11.3 Å². The lowest BCUT2D eigenvalue weighted by molar-refractivity contribution is -0.137. The van der Waals surface area contributed by atoms with E-state index in [2.05, 4.69) is 69.2 Å². The van der Waals surface area contributed by atoms with Crippen LogP contribution in [0.5, 0.6) is 0 Å². The molecule has 37 heavy (non-hydrogen) atoms. The van der Waals surface area contributed by atoms with Crippen LogP contribution in [-0.4, -0.2) is 26.0 Å². The molecule has 3 aromatic carbocycles. The van der Waals surface area contributed by atoms with Crippen molar-refractivity contribution < 1.29 is 13.2 Å². The van der Waals surface area contributed by atoms with Crippen LogP contribution in [0.2, 0.25) is 0 Å². The lowest BCUT2D eigenvalue weighted by Crippen LogP contribution is -2.31. The van der Waals surface area contributed by atoms with E-state index in [1.807, 2.05) is 12.3 Å². The summed E-state index contributed by atoms with van der Waals surface area (Å²) in [5.41, 5.74) is 5.68. The molecule has 2 aromatic heterocycles. The highest BCUT2D eigenvalue weighted by atomic mass is 19.4. The summed E-state index contributed by atoms with van der Waals surface area (Å²) < 4.78 is 41.1. The maximum atomic E-state index is 12.9. The molecule has 0 atom stereocenters. The summed E-state index contributed by atoms with van der Waals surface area (Å²) in [6, 6.07) is 24.0. The molecule has 0 unspecified atom stereocenters. The molecule has 6 rings (SSSR count). The quantitative estimate of drug-likeness (QED) is 0.270. The normalized spacial score (nSPS) is 14.1. The van der Waals surface area contributed by atoms with Gasteiger partial charge in [-0.15, -0.1) is 0 Å². The van der Waals surface area contributed by atoms with E-state index in [1.165, 1.54) is 34.2 Å². The Labute approximate surface area is 213 Å². The van der Waals surface area contributed by atoms with Crippen molar-refractivity contribution in [3.05, 3.63) is 119 Å². The van der Waals surface area contributed by atoms with Crippen molar-refractivity contribution in [2.45, 2.75) is 32.2 Å². The number of fused-ring (bicyclic) bond motifs is 2. The van der Waals surface area contributed by atoms with Crippen LogP contribution >= 0.6 is 0 Å². The number of nitrogens with zero attached hydrogens (tertiary/aromatic N) is 4. The molecule has 0 saturated heterocycles. The number of alkyl halides is 3. The zero-order valence-corrected chi connectivity index (χ0v) is 20.1. The number of benzene rings is 3. The zero-order valence-electron chi connectivity index (χ0n) is 20.1. The van der Waals surface area contributed by atoms with E-state index < -0.39 is 11.7 Å². The smallest absolute Gasteiger partial charge is 0.343 e. The van der Waals surface area contributed by atoms with Crippen molar-refractivity contribution in [2.24, 2.45) is 0 Å². The van der Waals surface area contributed by atoms with Gasteiger partial charge >= 0.3 is 6.18 Å². The van der Waals surface area contributed by atoms with Crippen molar-refractivity contribution in [1.29, 1.82) is 0 Å². The molecule has 7 heteroatoms. The first-order valence-corrected chi connectivity index (χ1v) is 12.3. The molecule has 3 heterocycles. The van der Waals surface area contributed by atoms with Gasteiger partial charge in [0.25, 0.3) is 0 Å². The lowest BCUT2D eigenvalue weighted by atomic mass is 10.0. The van der Waals surface area contributed by atoms with Gasteiger partial charge < -0.3 is 4.57 Å². The fourth-order valence-electron chi connectivity index (χ4n) is 5.04. The Bertz CT molecular complexity index is 1540. The second-order valence-corrected chi connectivity index (χ2v) is 9.49. The second-order valence-electron chi connectivity index (χ2n) is 9.49. The SMILES string of the molecule is FC(F)(F)c1ccc(-c2ncc3c(n2)CN(Cc2cn(Cc4ccccc4)c4ccccc24)CC3)cc1. The van der Waals surface area contributed by atoms with Gasteiger partial charge in [0.2, 0.25) is 0 Å². The van der Waals surface area contributed by atoms with Gasteiger partial charge in [-0.3, -0.25) is 4.90 Å². The average molecular weight is 499 g/mol. The molecule has 0 fully saturated rings. The van der Waals surface area contributed by atoms with Gasteiger partial charge in [0.15, 0.2) is 5.82 Å². The maximum absolute atomic E-state index is 12.9. The maximum Gasteiger partial charge on any atom is 0.416 e. The van der Waals surface area contributed by atoms with E-state index in [-0.39, 0.29) is 0 Å². The molecular weight excluding hydrogens is 473 g/mol. The summed E-state index contributed by atoms with van der Waals surface area (Å²) in [6.45, 7) is 3.17. The number of hydrogen-bond donors (Lipinski definition) is 0. The predicted octanol–water partition coefficient (Wildman–Crippen LogP) is 6.72. The molecule has 0 bridgehead atoms. The van der Waals surface area contributed by atoms with E-state index >= 15 is 0 Å². The standard InChI is InChI=1S/C30H25F3N4/c31-30(32,33)25-12-10-22(11-13-25)29-34-16-23-14-15-36(20-27(23)35-29)18-24-19-37(17-21-6-2-1-3-7-21)28-9-5-4-8-26(24)28/h1-13,16,19H,14-15,17-18,20H2. The van der Waals surface area contributed by atoms with Crippen LogP contribution in [0.3, 0.4) is 0 Å². The summed E-state index contributed by atoms with van der Waals surface area (Å²) in [5, 5.41) is 1.25. The summed E-state index contributed by atoms with van der Waals surface area (Å²) in [7, 11) is 0. The fraction of sp³-hybridized carbons (Fsp3) is 0.200. The largest absolute Gasteiger partial charge is 0.416 e. The van der Waals surface area contributed by atoms with Gasteiger partial charge in [-0.2, -0.15) is 13.2 Å². The summed E-state index contributed by atoms with van der Waals surface area (Å²) in [6.07, 6.45) is 0.546. The van der Waals surface area contributed by atoms with Gasteiger partial charge in [-0.1, -0.05) is 60.7 Å². The summed E-state index contributed by atoms with van der Waals surface area (Å²) in [5.74, 6) is 0.453. The van der Waals surface area contributed by atoms with Crippen molar-refractivity contribution in [3.63, 3.8) is 0 Å². The number of halogens is 3. The summed E-state index contributed by atoms with van der Waals surface area (Å²) >= 11 is 0. The zero-order chi connectivity index (χ0) is 25.4. The molecule has 186 valence electrons. The lowest BCUT2D eigenvalue weighted by Gasteiger charge is -2.27. The number of hydrogen-bond acceptors (Lipinski definition) is 3. The van der Waals surface area contributed by atoms with Gasteiger partial charge in [0.1, 0.15) is 0 Å². The third-order valence-corrected chi connectivity index (χ3v) is 6.96. The monoisotopic (exact) mass is 498 g/mol. The first-order chi connectivity index (χ1) is 17.9. The topological polar surface area (TPSA) is 34.0 Å². The minimum atomic E-state index is -4.36. The van der Waals surface area contributed by atoms with E-state index in [0.29, 0.717) is 17.9 Å². The highest BCUT2D eigenvalue weighted by Crippen LogP contribution is 2.31. The van der Waals surface area contributed by atoms with Gasteiger partial charge in [-0.05, 0) is 41.3 Å². The molecule has 0 saturated carbocycles. The van der Waals surface area contributed by atoms with Crippen LogP contribution in [0.1, 0.15) is 27.9 Å². The molecule has 0 amide bonds. The Morgan fingerprint density at radius 1 is 0.838 bits per heavy atom. The fourth-order valence-corrected chi connectivity index (χ4v) is 5.04. The molecular formula is C30H25F3N4. The minimum Gasteiger partial charge on any atom is -0.343 e. The van der Waals surface area contributed by atoms with E-state index in [4.69, 9.17) is 4.98 Å². The Morgan fingerprint density at radius 2 is 1.59 bits per heavy atom. The Balaban J connectivity index is 1.23. The van der Waals surface area contributed by atoms with Crippen molar-refractivity contribution in [2.75, 3.05) is 6.54 Å². The van der Waals surface area contributed by atoms with E-state index in [9.17, 15) is 13.2 Å². The Hall–Kier alpha value is -3.97.